The number of nitriles is 2. The van der Waals surface area contributed by atoms with Crippen LogP contribution in [0.5, 0.6) is 0 Å². The van der Waals surface area contributed by atoms with Crippen molar-refractivity contribution < 1.29 is 22.3 Å². The van der Waals surface area contributed by atoms with Crippen molar-refractivity contribution in [2.24, 2.45) is 5.41 Å². The molecular formula is C29H29F4N9O. The van der Waals surface area contributed by atoms with Crippen molar-refractivity contribution in [3.8, 4) is 12.1 Å². The zero-order valence-electron chi connectivity index (χ0n) is 23.8. The highest BCUT2D eigenvalue weighted by Crippen LogP contribution is 2.42. The normalized spacial score (nSPS) is 16.9. The number of alkyl halides is 3. The van der Waals surface area contributed by atoms with E-state index in [1.807, 2.05) is 20.8 Å². The second kappa shape index (κ2) is 10.9. The highest BCUT2D eigenvalue weighted by Gasteiger charge is 2.64. The number of ether oxygens (including phenoxy) is 1. The molecule has 0 unspecified atom stereocenters. The molecule has 3 aromatic rings. The van der Waals surface area contributed by atoms with E-state index in [1.165, 1.54) is 18.5 Å². The lowest BCUT2D eigenvalue weighted by atomic mass is 9.95. The van der Waals surface area contributed by atoms with Gasteiger partial charge in [0.05, 0.1) is 47.3 Å². The average Bonchev–Trinajstić information content (AvgIpc) is 3.37. The van der Waals surface area contributed by atoms with Crippen LogP contribution in [0, 0.1) is 40.9 Å². The van der Waals surface area contributed by atoms with E-state index in [1.54, 1.807) is 19.1 Å². The van der Waals surface area contributed by atoms with Gasteiger partial charge in [0, 0.05) is 41.3 Å². The topological polar surface area (TPSA) is 134 Å². The molecule has 10 nitrogen and oxygen atoms in total. The lowest BCUT2D eigenvalue weighted by Gasteiger charge is -2.47. The Morgan fingerprint density at radius 2 is 1.86 bits per heavy atom. The van der Waals surface area contributed by atoms with Crippen LogP contribution in [0.15, 0.2) is 42.4 Å². The SMILES string of the molecule is Cc1nc(F)ccc1[C@H](Nc1cc(C#N)c2ncc(C#N)c(NCC(C)(C)C)c2c1)C1=CN(C2(C(F)(F)F)COC2)NN1. The molecule has 4 heterocycles. The third-order valence-corrected chi connectivity index (χ3v) is 7.29. The third-order valence-electron chi connectivity index (χ3n) is 7.29. The number of hydrogen-bond donors (Lipinski definition) is 4. The molecule has 2 aliphatic rings. The standard InChI is InChI=1S/C29H29F4N9O/c1-16-20(5-6-23(30)38-16)26(22-12-42(41-40-22)28(14-43-15-28)29(31,32)33)39-19-7-17(9-34)24-21(8-19)25(18(10-35)11-36-24)37-13-27(2,3)4/h5-8,11-12,26,39-41H,13-15H2,1-4H3,(H,36,37)/t26-/m0/s1. The van der Waals surface area contributed by atoms with Crippen molar-refractivity contribution in [2.45, 2.75) is 45.5 Å². The van der Waals surface area contributed by atoms with Crippen molar-refractivity contribution in [3.05, 3.63) is 70.7 Å². The van der Waals surface area contributed by atoms with Gasteiger partial charge in [0.2, 0.25) is 5.95 Å². The Kier molecular flexibility index (Phi) is 7.54. The molecule has 2 aromatic heterocycles. The van der Waals surface area contributed by atoms with Gasteiger partial charge in [-0.15, -0.1) is 5.53 Å². The molecule has 1 fully saturated rings. The fraction of sp³-hybridized carbons (Fsp3) is 0.379. The van der Waals surface area contributed by atoms with Gasteiger partial charge in [-0.1, -0.05) is 26.8 Å². The van der Waals surface area contributed by atoms with Crippen molar-refractivity contribution in [3.63, 3.8) is 0 Å². The maximum Gasteiger partial charge on any atom is 0.417 e. The van der Waals surface area contributed by atoms with E-state index >= 15 is 0 Å². The van der Waals surface area contributed by atoms with Crippen molar-refractivity contribution in [1.29, 1.82) is 10.5 Å². The molecule has 0 radical (unpaired) electrons. The summed E-state index contributed by atoms with van der Waals surface area (Å²) < 4.78 is 61.0. The largest absolute Gasteiger partial charge is 0.417 e. The number of hydrogen-bond acceptors (Lipinski definition) is 10. The van der Waals surface area contributed by atoms with Gasteiger partial charge in [0.15, 0.2) is 5.54 Å². The molecule has 4 N–H and O–H groups in total. The summed E-state index contributed by atoms with van der Waals surface area (Å²) in [5.41, 5.74) is 5.83. The van der Waals surface area contributed by atoms with E-state index in [-0.39, 0.29) is 22.2 Å². The Balaban J connectivity index is 1.62. The summed E-state index contributed by atoms with van der Waals surface area (Å²) in [6.45, 7) is 7.09. The van der Waals surface area contributed by atoms with Crippen molar-refractivity contribution in [2.75, 3.05) is 30.4 Å². The zero-order chi connectivity index (χ0) is 31.2. The first-order valence-corrected chi connectivity index (χ1v) is 13.3. The van der Waals surface area contributed by atoms with Crippen molar-refractivity contribution >= 4 is 22.3 Å². The number of fused-ring (bicyclic) bond motifs is 1. The summed E-state index contributed by atoms with van der Waals surface area (Å²) in [4.78, 5) is 8.27. The average molecular weight is 596 g/mol. The summed E-state index contributed by atoms with van der Waals surface area (Å²) in [7, 11) is 0. The van der Waals surface area contributed by atoms with E-state index in [0.717, 1.165) is 11.1 Å². The van der Waals surface area contributed by atoms with Crippen LogP contribution in [0.2, 0.25) is 0 Å². The van der Waals surface area contributed by atoms with Gasteiger partial charge in [-0.2, -0.15) is 28.1 Å². The van der Waals surface area contributed by atoms with Gasteiger partial charge in [-0.3, -0.25) is 9.99 Å². The first-order chi connectivity index (χ1) is 20.3. The lowest BCUT2D eigenvalue weighted by Crippen LogP contribution is -2.71. The van der Waals surface area contributed by atoms with Crippen LogP contribution >= 0.6 is 0 Å². The predicted octanol–water partition coefficient (Wildman–Crippen LogP) is 4.93. The third kappa shape index (κ3) is 5.59. The Morgan fingerprint density at radius 1 is 1.14 bits per heavy atom. The van der Waals surface area contributed by atoms with Crippen LogP contribution in [0.3, 0.4) is 0 Å². The maximum absolute atomic E-state index is 14.0. The number of hydrazine groups is 2. The molecule has 0 aliphatic carbocycles. The minimum absolute atomic E-state index is 0.132. The monoisotopic (exact) mass is 595 g/mol. The van der Waals surface area contributed by atoms with Crippen LogP contribution < -0.4 is 21.6 Å². The highest BCUT2D eigenvalue weighted by atomic mass is 19.4. The van der Waals surface area contributed by atoms with Gasteiger partial charge in [0.1, 0.15) is 12.1 Å². The van der Waals surface area contributed by atoms with Gasteiger partial charge in [-0.25, -0.2) is 4.98 Å². The van der Waals surface area contributed by atoms with Crippen LogP contribution in [0.4, 0.5) is 28.9 Å². The molecule has 0 amide bonds. The fourth-order valence-corrected chi connectivity index (χ4v) is 4.88. The molecule has 1 aromatic carbocycles. The molecule has 2 aliphatic heterocycles. The van der Waals surface area contributed by atoms with Gasteiger partial charge in [-0.05, 0) is 30.5 Å². The van der Waals surface area contributed by atoms with Gasteiger partial charge >= 0.3 is 6.18 Å². The number of halogens is 4. The minimum Gasteiger partial charge on any atom is -0.383 e. The quantitative estimate of drug-likeness (QED) is 0.220. The Hall–Kier alpha value is -4.66. The summed E-state index contributed by atoms with van der Waals surface area (Å²) in [5, 5.41) is 27.8. The van der Waals surface area contributed by atoms with Crippen LogP contribution in [0.1, 0.15) is 49.2 Å². The Labute approximate surface area is 245 Å². The molecule has 1 atom stereocenters. The van der Waals surface area contributed by atoms with E-state index in [0.29, 0.717) is 40.1 Å². The number of pyridine rings is 2. The van der Waals surface area contributed by atoms with Gasteiger partial charge in [0.25, 0.3) is 0 Å². The maximum atomic E-state index is 14.0. The van der Waals surface area contributed by atoms with Crippen molar-refractivity contribution in [1.82, 2.24) is 25.9 Å². The number of nitrogens with zero attached hydrogens (tertiary/aromatic N) is 5. The number of aryl methyl sites for hydroxylation is 1. The predicted molar refractivity (Wildman–Crippen MR) is 150 cm³/mol. The summed E-state index contributed by atoms with van der Waals surface area (Å²) in [5.74, 6) is -0.710. The molecule has 0 bridgehead atoms. The molecule has 5 rings (SSSR count). The molecular weight excluding hydrogens is 566 g/mol. The number of aromatic nitrogens is 2. The molecule has 14 heteroatoms. The fourth-order valence-electron chi connectivity index (χ4n) is 4.88. The van der Waals surface area contributed by atoms with Crippen LogP contribution in [-0.2, 0) is 4.74 Å². The highest BCUT2D eigenvalue weighted by molar-refractivity contribution is 5.99. The second-order valence-corrected chi connectivity index (χ2v) is 11.7. The molecule has 43 heavy (non-hydrogen) atoms. The van der Waals surface area contributed by atoms with E-state index < -0.39 is 36.9 Å². The zero-order valence-corrected chi connectivity index (χ0v) is 23.8. The van der Waals surface area contributed by atoms with E-state index in [2.05, 4.69) is 43.7 Å². The van der Waals surface area contributed by atoms with Gasteiger partial charge < -0.3 is 20.8 Å². The molecule has 1 saturated heterocycles. The van der Waals surface area contributed by atoms with Crippen LogP contribution in [0.25, 0.3) is 10.9 Å². The first-order valence-electron chi connectivity index (χ1n) is 13.3. The number of rotatable bonds is 7. The second-order valence-electron chi connectivity index (χ2n) is 11.7. The first kappa shape index (κ1) is 29.8. The molecule has 0 saturated carbocycles. The minimum atomic E-state index is -4.59. The Bertz CT molecular complexity index is 1680. The Morgan fingerprint density at radius 3 is 2.44 bits per heavy atom. The van der Waals surface area contributed by atoms with E-state index in [4.69, 9.17) is 4.74 Å². The molecule has 224 valence electrons. The number of nitrogens with one attached hydrogen (secondary N) is 4. The smallest absolute Gasteiger partial charge is 0.383 e. The summed E-state index contributed by atoms with van der Waals surface area (Å²) in [6, 6.07) is 9.35. The number of anilines is 2. The summed E-state index contributed by atoms with van der Waals surface area (Å²) in [6.07, 6.45) is -1.90. The number of benzene rings is 1. The van der Waals surface area contributed by atoms with Crippen LogP contribution in [-0.4, -0.2) is 46.5 Å². The van der Waals surface area contributed by atoms with E-state index in [9.17, 15) is 28.1 Å². The molecule has 0 spiro atoms. The lowest BCUT2D eigenvalue weighted by molar-refractivity contribution is -0.305. The summed E-state index contributed by atoms with van der Waals surface area (Å²) >= 11 is 0.